The van der Waals surface area contributed by atoms with Gasteiger partial charge in [0.15, 0.2) is 0 Å². The number of nitro groups is 2. The zero-order valence-corrected chi connectivity index (χ0v) is 16.4. The van der Waals surface area contributed by atoms with Crippen LogP contribution in [0.2, 0.25) is 0 Å². The van der Waals surface area contributed by atoms with Crippen molar-refractivity contribution in [3.05, 3.63) is 110 Å². The van der Waals surface area contributed by atoms with Gasteiger partial charge in [-0.3, -0.25) is 30.4 Å². The van der Waals surface area contributed by atoms with Crippen molar-refractivity contribution >= 4 is 35.4 Å². The summed E-state index contributed by atoms with van der Waals surface area (Å²) in [6.45, 7) is 0. The molecular weight excluding hydrogens is 416 g/mol. The van der Waals surface area contributed by atoms with Gasteiger partial charge in [-0.1, -0.05) is 24.3 Å². The molecule has 1 amide bonds. The quantitative estimate of drug-likeness (QED) is 0.314. The van der Waals surface area contributed by atoms with Crippen molar-refractivity contribution in [1.29, 1.82) is 0 Å². The Balaban J connectivity index is 1.55. The molecule has 0 bridgehead atoms. The van der Waals surface area contributed by atoms with Gasteiger partial charge >= 0.3 is 0 Å². The van der Waals surface area contributed by atoms with E-state index in [4.69, 9.17) is 0 Å². The average Bonchev–Trinajstić information content (AvgIpc) is 2.80. The third kappa shape index (κ3) is 6.03. The van der Waals surface area contributed by atoms with Crippen molar-refractivity contribution < 1.29 is 14.6 Å². The molecule has 0 saturated carbocycles. The van der Waals surface area contributed by atoms with Gasteiger partial charge in [-0.2, -0.15) is 10.2 Å². The van der Waals surface area contributed by atoms with E-state index in [2.05, 4.69) is 21.1 Å². The Bertz CT molecular complexity index is 1210. The molecule has 0 aliphatic rings. The number of nitrogens with one attached hydrogen (secondary N) is 2. The van der Waals surface area contributed by atoms with Crippen LogP contribution in [-0.4, -0.2) is 28.2 Å². The van der Waals surface area contributed by atoms with E-state index in [1.165, 1.54) is 42.8 Å². The summed E-state index contributed by atoms with van der Waals surface area (Å²) in [6.07, 6.45) is 2.75. The number of benzene rings is 3. The summed E-state index contributed by atoms with van der Waals surface area (Å²) in [5, 5.41) is 29.4. The van der Waals surface area contributed by atoms with Gasteiger partial charge in [-0.05, 0) is 24.3 Å². The Morgan fingerprint density at radius 3 is 1.84 bits per heavy atom. The molecule has 0 fully saturated rings. The maximum Gasteiger partial charge on any atom is 0.271 e. The molecule has 160 valence electrons. The van der Waals surface area contributed by atoms with Gasteiger partial charge in [-0.25, -0.2) is 5.43 Å². The molecular formula is C21H16N6O5. The number of carbonyl (C=O) groups excluding carboxylic acids is 1. The summed E-state index contributed by atoms with van der Waals surface area (Å²) in [5.74, 6) is -0.460. The highest BCUT2D eigenvalue weighted by molar-refractivity contribution is 5.95. The molecule has 0 heterocycles. The zero-order valence-electron chi connectivity index (χ0n) is 16.4. The van der Waals surface area contributed by atoms with E-state index < -0.39 is 15.8 Å². The lowest BCUT2D eigenvalue weighted by atomic mass is 10.2. The van der Waals surface area contributed by atoms with E-state index in [0.29, 0.717) is 22.4 Å². The van der Waals surface area contributed by atoms with Crippen molar-refractivity contribution in [3.8, 4) is 0 Å². The lowest BCUT2D eigenvalue weighted by Gasteiger charge is -2.03. The van der Waals surface area contributed by atoms with Gasteiger partial charge in [0.25, 0.3) is 17.3 Å². The Labute approximate surface area is 181 Å². The monoisotopic (exact) mass is 432 g/mol. The molecule has 3 rings (SSSR count). The summed E-state index contributed by atoms with van der Waals surface area (Å²) in [5.41, 5.74) is 6.99. The first-order valence-corrected chi connectivity index (χ1v) is 9.14. The first-order chi connectivity index (χ1) is 15.4. The number of non-ortho nitro benzene ring substituents is 2. The van der Waals surface area contributed by atoms with E-state index in [1.807, 2.05) is 0 Å². The Kier molecular flexibility index (Phi) is 6.94. The number of hydrazone groups is 2. The van der Waals surface area contributed by atoms with Crippen LogP contribution in [0, 0.1) is 20.2 Å². The van der Waals surface area contributed by atoms with E-state index in [1.54, 1.807) is 42.5 Å². The molecule has 0 unspecified atom stereocenters. The molecule has 32 heavy (non-hydrogen) atoms. The number of hydrogen-bond donors (Lipinski definition) is 2. The summed E-state index contributed by atoms with van der Waals surface area (Å²) in [6, 6.07) is 18.2. The van der Waals surface area contributed by atoms with Gasteiger partial charge < -0.3 is 0 Å². The molecule has 11 nitrogen and oxygen atoms in total. The van der Waals surface area contributed by atoms with Crippen LogP contribution in [0.5, 0.6) is 0 Å². The third-order valence-electron chi connectivity index (χ3n) is 4.10. The summed E-state index contributed by atoms with van der Waals surface area (Å²) in [7, 11) is 0. The molecule has 3 aromatic rings. The number of amides is 1. The molecule has 0 aliphatic heterocycles. The lowest BCUT2D eigenvalue weighted by Crippen LogP contribution is -2.17. The first-order valence-electron chi connectivity index (χ1n) is 9.14. The summed E-state index contributed by atoms with van der Waals surface area (Å²) < 4.78 is 0. The van der Waals surface area contributed by atoms with Gasteiger partial charge in [-0.15, -0.1) is 0 Å². The van der Waals surface area contributed by atoms with Crippen molar-refractivity contribution in [3.63, 3.8) is 0 Å². The van der Waals surface area contributed by atoms with Crippen LogP contribution in [0.1, 0.15) is 21.5 Å². The minimum absolute atomic E-state index is 0.0301. The fourth-order valence-corrected chi connectivity index (χ4v) is 2.54. The van der Waals surface area contributed by atoms with E-state index in [9.17, 15) is 25.0 Å². The minimum atomic E-state index is -0.515. The fourth-order valence-electron chi connectivity index (χ4n) is 2.54. The highest BCUT2D eigenvalue weighted by Crippen LogP contribution is 2.13. The normalized spacial score (nSPS) is 10.9. The second-order valence-corrected chi connectivity index (χ2v) is 6.35. The summed E-state index contributed by atoms with van der Waals surface area (Å²) >= 11 is 0. The van der Waals surface area contributed by atoms with Crippen LogP contribution >= 0.6 is 0 Å². The van der Waals surface area contributed by atoms with E-state index >= 15 is 0 Å². The maximum atomic E-state index is 12.2. The first kappa shape index (κ1) is 21.8. The smallest absolute Gasteiger partial charge is 0.271 e. The van der Waals surface area contributed by atoms with Crippen molar-refractivity contribution in [2.75, 3.05) is 5.43 Å². The maximum absolute atomic E-state index is 12.2. The van der Waals surface area contributed by atoms with Gasteiger partial charge in [0, 0.05) is 41.0 Å². The molecule has 0 aliphatic carbocycles. The van der Waals surface area contributed by atoms with Crippen molar-refractivity contribution in [1.82, 2.24) is 5.43 Å². The molecule has 0 atom stereocenters. The SMILES string of the molecule is O=C(N/N=C/c1cccc([N+](=O)[O-])c1)c1ccc(N/N=C/c2cccc([N+](=O)[O-])c2)cc1. The minimum Gasteiger partial charge on any atom is -0.279 e. The summed E-state index contributed by atoms with van der Waals surface area (Å²) in [4.78, 5) is 32.7. The second-order valence-electron chi connectivity index (χ2n) is 6.35. The van der Waals surface area contributed by atoms with E-state index in [-0.39, 0.29) is 11.4 Å². The van der Waals surface area contributed by atoms with Crippen LogP contribution in [0.3, 0.4) is 0 Å². The van der Waals surface area contributed by atoms with Crippen molar-refractivity contribution in [2.24, 2.45) is 10.2 Å². The molecule has 0 saturated heterocycles. The number of carbonyl (C=O) groups is 1. The number of nitrogens with zero attached hydrogens (tertiary/aromatic N) is 4. The number of rotatable bonds is 8. The van der Waals surface area contributed by atoms with Gasteiger partial charge in [0.05, 0.1) is 28.0 Å². The predicted molar refractivity (Wildman–Crippen MR) is 119 cm³/mol. The van der Waals surface area contributed by atoms with Crippen LogP contribution < -0.4 is 10.9 Å². The molecule has 3 aromatic carbocycles. The predicted octanol–water partition coefficient (Wildman–Crippen LogP) is 3.71. The third-order valence-corrected chi connectivity index (χ3v) is 4.10. The average molecular weight is 432 g/mol. The molecule has 11 heteroatoms. The van der Waals surface area contributed by atoms with E-state index in [0.717, 1.165) is 0 Å². The van der Waals surface area contributed by atoms with Crippen LogP contribution in [0.25, 0.3) is 0 Å². The van der Waals surface area contributed by atoms with Gasteiger partial charge in [0.1, 0.15) is 0 Å². The second kappa shape index (κ2) is 10.2. The largest absolute Gasteiger partial charge is 0.279 e. The fraction of sp³-hybridized carbons (Fsp3) is 0. The molecule has 0 aromatic heterocycles. The van der Waals surface area contributed by atoms with Crippen LogP contribution in [-0.2, 0) is 0 Å². The lowest BCUT2D eigenvalue weighted by molar-refractivity contribution is -0.385. The molecule has 2 N–H and O–H groups in total. The van der Waals surface area contributed by atoms with Crippen LogP contribution in [0.4, 0.5) is 17.1 Å². The standard InChI is InChI=1S/C21H16N6O5/c28-21(25-23-14-16-4-2-6-20(12-16)27(31)32)17-7-9-18(10-8-17)24-22-13-15-3-1-5-19(11-15)26(29)30/h1-14,24H,(H,25,28)/b22-13+,23-14+. The van der Waals surface area contributed by atoms with Crippen LogP contribution in [0.15, 0.2) is 83.0 Å². The zero-order chi connectivity index (χ0) is 22.9. The highest BCUT2D eigenvalue weighted by Gasteiger charge is 2.06. The number of hydrogen-bond acceptors (Lipinski definition) is 8. The number of anilines is 1. The highest BCUT2D eigenvalue weighted by atomic mass is 16.6. The molecule has 0 radical (unpaired) electrons. The topological polar surface area (TPSA) is 152 Å². The Hall–Kier alpha value is -4.93. The Morgan fingerprint density at radius 2 is 1.31 bits per heavy atom. The van der Waals surface area contributed by atoms with Gasteiger partial charge in [0.2, 0.25) is 0 Å². The Morgan fingerprint density at radius 1 is 0.781 bits per heavy atom. The number of nitro benzene ring substituents is 2. The molecule has 0 spiro atoms. The van der Waals surface area contributed by atoms with Crippen molar-refractivity contribution in [2.45, 2.75) is 0 Å².